The lowest BCUT2D eigenvalue weighted by molar-refractivity contribution is 0.101. The van der Waals surface area contributed by atoms with E-state index in [1.165, 1.54) is 25.3 Å². The summed E-state index contributed by atoms with van der Waals surface area (Å²) in [5, 5.41) is 0.566. The zero-order valence-electron chi connectivity index (χ0n) is 10.7. The number of furan rings is 1. The zero-order chi connectivity index (χ0) is 14.1. The summed E-state index contributed by atoms with van der Waals surface area (Å²) in [6.07, 6.45) is 0. The topological polar surface area (TPSA) is 39.4 Å². The molecular formula is C16H11FO3. The van der Waals surface area contributed by atoms with Crippen LogP contribution in [-0.2, 0) is 0 Å². The maximum atomic E-state index is 13.1. The molecule has 1 aromatic heterocycles. The molecule has 0 spiro atoms. The van der Waals surface area contributed by atoms with E-state index in [0.29, 0.717) is 22.3 Å². The highest BCUT2D eigenvalue weighted by atomic mass is 19.1. The molecule has 0 saturated heterocycles. The van der Waals surface area contributed by atoms with E-state index in [-0.39, 0.29) is 17.4 Å². The average molecular weight is 270 g/mol. The minimum atomic E-state index is -0.362. The van der Waals surface area contributed by atoms with Gasteiger partial charge in [-0.25, -0.2) is 4.39 Å². The van der Waals surface area contributed by atoms with Gasteiger partial charge in [-0.3, -0.25) is 4.79 Å². The van der Waals surface area contributed by atoms with Gasteiger partial charge in [0.05, 0.1) is 7.11 Å². The third-order valence-electron chi connectivity index (χ3n) is 3.03. The van der Waals surface area contributed by atoms with Gasteiger partial charge in [0, 0.05) is 10.9 Å². The van der Waals surface area contributed by atoms with E-state index in [1.54, 1.807) is 30.3 Å². The summed E-state index contributed by atoms with van der Waals surface area (Å²) in [4.78, 5) is 12.3. The fraction of sp³-hybridized carbons (Fsp3) is 0.0625. The van der Waals surface area contributed by atoms with E-state index >= 15 is 0 Å². The van der Waals surface area contributed by atoms with Gasteiger partial charge in [0.25, 0.3) is 0 Å². The van der Waals surface area contributed by atoms with Crippen LogP contribution in [0.15, 0.2) is 52.9 Å². The van der Waals surface area contributed by atoms with E-state index < -0.39 is 0 Å². The van der Waals surface area contributed by atoms with Gasteiger partial charge in [-0.15, -0.1) is 0 Å². The number of rotatable bonds is 3. The van der Waals surface area contributed by atoms with Crippen LogP contribution in [0.1, 0.15) is 16.1 Å². The first-order valence-corrected chi connectivity index (χ1v) is 6.05. The molecule has 4 heteroatoms. The lowest BCUT2D eigenvalue weighted by atomic mass is 10.1. The van der Waals surface area contributed by atoms with E-state index in [0.717, 1.165) is 0 Å². The average Bonchev–Trinajstić information content (AvgIpc) is 2.89. The highest BCUT2D eigenvalue weighted by molar-refractivity contribution is 6.09. The number of fused-ring (bicyclic) bond motifs is 1. The minimum Gasteiger partial charge on any atom is -0.497 e. The quantitative estimate of drug-likeness (QED) is 0.679. The Kier molecular flexibility index (Phi) is 2.99. The number of methoxy groups -OCH3 is 1. The molecule has 3 aromatic rings. The van der Waals surface area contributed by atoms with E-state index in [1.807, 2.05) is 0 Å². The van der Waals surface area contributed by atoms with Crippen LogP contribution in [0.25, 0.3) is 11.0 Å². The molecule has 2 aromatic carbocycles. The standard InChI is InChI=1S/C16H11FO3/c1-19-13-4-2-3-10(8-13)16(18)15-9-11-7-12(17)5-6-14(11)20-15/h2-9H,1H3. The Morgan fingerprint density at radius 1 is 1.15 bits per heavy atom. The minimum absolute atomic E-state index is 0.179. The fourth-order valence-corrected chi connectivity index (χ4v) is 2.03. The summed E-state index contributed by atoms with van der Waals surface area (Å²) in [5.74, 6) is 0.149. The van der Waals surface area contributed by atoms with Gasteiger partial charge in [0.15, 0.2) is 5.76 Å². The smallest absolute Gasteiger partial charge is 0.228 e. The lowest BCUT2D eigenvalue weighted by Gasteiger charge is -2.01. The molecule has 0 radical (unpaired) electrons. The van der Waals surface area contributed by atoms with Crippen molar-refractivity contribution in [1.82, 2.24) is 0 Å². The highest BCUT2D eigenvalue weighted by Gasteiger charge is 2.15. The monoisotopic (exact) mass is 270 g/mol. The second-order valence-corrected chi connectivity index (χ2v) is 4.35. The third-order valence-corrected chi connectivity index (χ3v) is 3.03. The van der Waals surface area contributed by atoms with Crippen molar-refractivity contribution >= 4 is 16.8 Å². The Labute approximate surface area is 114 Å². The Balaban J connectivity index is 2.03. The highest BCUT2D eigenvalue weighted by Crippen LogP contribution is 2.23. The molecule has 0 unspecified atom stereocenters. The second-order valence-electron chi connectivity index (χ2n) is 4.35. The molecule has 100 valence electrons. The molecule has 0 aliphatic carbocycles. The molecule has 0 N–H and O–H groups in total. The Bertz CT molecular complexity index is 789. The molecule has 0 aliphatic heterocycles. The molecule has 0 bridgehead atoms. The van der Waals surface area contributed by atoms with E-state index in [2.05, 4.69) is 0 Å². The van der Waals surface area contributed by atoms with E-state index in [9.17, 15) is 9.18 Å². The predicted octanol–water partition coefficient (Wildman–Crippen LogP) is 3.81. The number of carbonyl (C=O) groups excluding carboxylic acids is 1. The van der Waals surface area contributed by atoms with Gasteiger partial charge in [-0.1, -0.05) is 12.1 Å². The third kappa shape index (κ3) is 2.16. The van der Waals surface area contributed by atoms with Gasteiger partial charge in [0.2, 0.25) is 5.78 Å². The summed E-state index contributed by atoms with van der Waals surface area (Å²) in [6.45, 7) is 0. The number of carbonyl (C=O) groups is 1. The van der Waals surface area contributed by atoms with Crippen molar-refractivity contribution in [1.29, 1.82) is 0 Å². The molecule has 0 saturated carbocycles. The van der Waals surface area contributed by atoms with Crippen LogP contribution in [-0.4, -0.2) is 12.9 Å². The summed E-state index contributed by atoms with van der Waals surface area (Å²) < 4.78 is 23.7. The van der Waals surface area contributed by atoms with Crippen molar-refractivity contribution in [2.75, 3.05) is 7.11 Å². The number of benzene rings is 2. The first-order valence-electron chi connectivity index (χ1n) is 6.05. The molecular weight excluding hydrogens is 259 g/mol. The zero-order valence-corrected chi connectivity index (χ0v) is 10.7. The van der Waals surface area contributed by atoms with Crippen LogP contribution >= 0.6 is 0 Å². The van der Waals surface area contributed by atoms with Crippen LogP contribution in [0.2, 0.25) is 0 Å². The second kappa shape index (κ2) is 4.81. The molecule has 20 heavy (non-hydrogen) atoms. The SMILES string of the molecule is COc1cccc(C(=O)c2cc3cc(F)ccc3o2)c1. The lowest BCUT2D eigenvalue weighted by Crippen LogP contribution is -1.99. The largest absolute Gasteiger partial charge is 0.497 e. The number of hydrogen-bond donors (Lipinski definition) is 0. The number of hydrogen-bond acceptors (Lipinski definition) is 3. The summed E-state index contributed by atoms with van der Waals surface area (Å²) in [7, 11) is 1.54. The van der Waals surface area contributed by atoms with Crippen LogP contribution in [0.3, 0.4) is 0 Å². The van der Waals surface area contributed by atoms with Crippen molar-refractivity contribution in [3.05, 3.63) is 65.7 Å². The molecule has 3 rings (SSSR count). The Morgan fingerprint density at radius 2 is 2.00 bits per heavy atom. The van der Waals surface area contributed by atoms with Crippen molar-refractivity contribution in [3.63, 3.8) is 0 Å². The Hall–Kier alpha value is -2.62. The van der Waals surface area contributed by atoms with Gasteiger partial charge in [-0.2, -0.15) is 0 Å². The molecule has 0 amide bonds. The molecule has 0 atom stereocenters. The van der Waals surface area contributed by atoms with Crippen LogP contribution in [0, 0.1) is 5.82 Å². The molecule has 0 fully saturated rings. The maximum absolute atomic E-state index is 13.1. The van der Waals surface area contributed by atoms with Gasteiger partial charge < -0.3 is 9.15 Å². The molecule has 0 aliphatic rings. The number of ketones is 1. The predicted molar refractivity (Wildman–Crippen MR) is 72.6 cm³/mol. The summed E-state index contributed by atoms with van der Waals surface area (Å²) in [5.41, 5.74) is 0.946. The fourth-order valence-electron chi connectivity index (χ4n) is 2.03. The first kappa shape index (κ1) is 12.4. The van der Waals surface area contributed by atoms with Gasteiger partial charge in [-0.05, 0) is 36.4 Å². The van der Waals surface area contributed by atoms with Gasteiger partial charge in [0.1, 0.15) is 17.1 Å². The maximum Gasteiger partial charge on any atom is 0.228 e. The summed E-state index contributed by atoms with van der Waals surface area (Å²) in [6, 6.07) is 12.5. The van der Waals surface area contributed by atoms with Crippen molar-refractivity contribution < 1.29 is 18.3 Å². The molecule has 3 nitrogen and oxygen atoms in total. The number of ether oxygens (including phenoxy) is 1. The van der Waals surface area contributed by atoms with Crippen molar-refractivity contribution in [2.45, 2.75) is 0 Å². The van der Waals surface area contributed by atoms with Crippen molar-refractivity contribution in [3.8, 4) is 5.75 Å². The van der Waals surface area contributed by atoms with Crippen LogP contribution < -0.4 is 4.74 Å². The normalized spacial score (nSPS) is 10.7. The van der Waals surface area contributed by atoms with E-state index in [4.69, 9.17) is 9.15 Å². The molecule has 1 heterocycles. The van der Waals surface area contributed by atoms with Crippen LogP contribution in [0.4, 0.5) is 4.39 Å². The first-order chi connectivity index (χ1) is 9.67. The van der Waals surface area contributed by atoms with Crippen LogP contribution in [0.5, 0.6) is 5.75 Å². The van der Waals surface area contributed by atoms with Crippen molar-refractivity contribution in [2.24, 2.45) is 0 Å². The van der Waals surface area contributed by atoms with Gasteiger partial charge >= 0.3 is 0 Å². The number of halogens is 1. The Morgan fingerprint density at radius 3 is 2.80 bits per heavy atom. The summed E-state index contributed by atoms with van der Waals surface area (Å²) >= 11 is 0.